The van der Waals surface area contributed by atoms with Crippen LogP contribution in [-0.2, 0) is 0 Å². The summed E-state index contributed by atoms with van der Waals surface area (Å²) >= 11 is 0. The molecule has 3 N–H and O–H groups in total. The second kappa shape index (κ2) is 6.56. The van der Waals surface area contributed by atoms with Gasteiger partial charge < -0.3 is 15.7 Å². The van der Waals surface area contributed by atoms with Gasteiger partial charge in [0, 0.05) is 17.8 Å². The van der Waals surface area contributed by atoms with Gasteiger partial charge in [-0.15, -0.1) is 0 Å². The van der Waals surface area contributed by atoms with Gasteiger partial charge in [0.15, 0.2) is 0 Å². The van der Waals surface area contributed by atoms with Crippen molar-refractivity contribution in [3.63, 3.8) is 0 Å². The topological polar surface area (TPSA) is 61.4 Å². The van der Waals surface area contributed by atoms with Crippen molar-refractivity contribution in [3.05, 3.63) is 29.3 Å². The molecule has 4 nitrogen and oxygen atoms in total. The van der Waals surface area contributed by atoms with Crippen LogP contribution in [0.15, 0.2) is 18.2 Å². The molecular weight excluding hydrogens is 216 g/mol. The Balaban J connectivity index is 2.86. The average molecular weight is 232 g/mol. The van der Waals surface area contributed by atoms with Crippen molar-refractivity contribution in [2.75, 3.05) is 18.5 Å². The summed E-state index contributed by atoms with van der Waals surface area (Å²) in [7, 11) is 0. The molecule has 4 heteroatoms. The van der Waals surface area contributed by atoms with Crippen molar-refractivity contribution >= 4 is 11.7 Å². The molecule has 0 aliphatic heterocycles. The fourth-order valence-corrected chi connectivity index (χ4v) is 1.30. The minimum absolute atomic E-state index is 0.174. The number of urea groups is 1. The number of benzene rings is 1. The lowest BCUT2D eigenvalue weighted by molar-refractivity contribution is 0.252. The number of nitrogens with one attached hydrogen (secondary N) is 2. The van der Waals surface area contributed by atoms with E-state index in [0.717, 1.165) is 16.8 Å². The zero-order chi connectivity index (χ0) is 12.7. The van der Waals surface area contributed by atoms with Crippen LogP contribution in [0.1, 0.15) is 18.1 Å². The van der Waals surface area contributed by atoms with Gasteiger partial charge in [-0.3, -0.25) is 0 Å². The second-order valence-corrected chi connectivity index (χ2v) is 3.47. The Kier molecular flexibility index (Phi) is 5.05. The lowest BCUT2D eigenvalue weighted by Gasteiger charge is -2.09. The van der Waals surface area contributed by atoms with E-state index in [9.17, 15) is 4.79 Å². The third kappa shape index (κ3) is 4.17. The van der Waals surface area contributed by atoms with Gasteiger partial charge in [-0.1, -0.05) is 17.9 Å². The van der Waals surface area contributed by atoms with Crippen LogP contribution in [0.25, 0.3) is 0 Å². The van der Waals surface area contributed by atoms with Crippen molar-refractivity contribution in [2.24, 2.45) is 0 Å². The summed E-state index contributed by atoms with van der Waals surface area (Å²) in [6.45, 7) is 4.17. The van der Waals surface area contributed by atoms with E-state index in [1.807, 2.05) is 26.0 Å². The van der Waals surface area contributed by atoms with E-state index in [1.54, 1.807) is 6.07 Å². The van der Waals surface area contributed by atoms with Crippen LogP contribution in [0.5, 0.6) is 0 Å². The molecule has 0 heterocycles. The predicted octanol–water partition coefficient (Wildman–Crippen LogP) is 1.48. The molecular formula is C13H16N2O2. The number of anilines is 1. The van der Waals surface area contributed by atoms with Crippen LogP contribution in [0.4, 0.5) is 10.5 Å². The van der Waals surface area contributed by atoms with Crippen LogP contribution in [-0.4, -0.2) is 24.3 Å². The number of carbonyl (C=O) groups excluding carboxylic acids is 1. The fraction of sp³-hybridized carbons (Fsp3) is 0.308. The van der Waals surface area contributed by atoms with Gasteiger partial charge in [0.25, 0.3) is 0 Å². The van der Waals surface area contributed by atoms with E-state index in [0.29, 0.717) is 6.54 Å². The number of aryl methyl sites for hydroxylation is 1. The highest BCUT2D eigenvalue weighted by Gasteiger charge is 2.03. The molecule has 1 aromatic rings. The Morgan fingerprint density at radius 3 is 2.88 bits per heavy atom. The van der Waals surface area contributed by atoms with E-state index in [4.69, 9.17) is 5.11 Å². The van der Waals surface area contributed by atoms with E-state index in [1.165, 1.54) is 0 Å². The van der Waals surface area contributed by atoms with Gasteiger partial charge in [0.05, 0.1) is 0 Å². The van der Waals surface area contributed by atoms with E-state index < -0.39 is 0 Å². The molecule has 0 saturated carbocycles. The normalized spacial score (nSPS) is 9.12. The molecule has 0 unspecified atom stereocenters. The van der Waals surface area contributed by atoms with Gasteiger partial charge in [-0.25, -0.2) is 4.79 Å². The van der Waals surface area contributed by atoms with Gasteiger partial charge in [0.2, 0.25) is 0 Å². The first kappa shape index (κ1) is 13.1. The Labute approximate surface area is 101 Å². The quantitative estimate of drug-likeness (QED) is 0.676. The summed E-state index contributed by atoms with van der Waals surface area (Å²) < 4.78 is 0. The minimum Gasteiger partial charge on any atom is -0.384 e. The van der Waals surface area contributed by atoms with Crippen LogP contribution in [0.2, 0.25) is 0 Å². The molecule has 0 aliphatic rings. The summed E-state index contributed by atoms with van der Waals surface area (Å²) in [5.74, 6) is 5.36. The standard InChI is InChI=1S/C13H16N2O2/c1-3-14-13(17)15-12-9-11(5-4-8-16)7-6-10(12)2/h6-7,9,16H,3,8H2,1-2H3,(H2,14,15,17). The van der Waals surface area contributed by atoms with Crippen molar-refractivity contribution < 1.29 is 9.90 Å². The lowest BCUT2D eigenvalue weighted by Crippen LogP contribution is -2.28. The zero-order valence-corrected chi connectivity index (χ0v) is 10.0. The molecule has 0 fully saturated rings. The zero-order valence-electron chi connectivity index (χ0n) is 10.0. The molecule has 0 aromatic heterocycles. The first-order valence-electron chi connectivity index (χ1n) is 5.42. The first-order chi connectivity index (χ1) is 8.17. The molecule has 2 amide bonds. The molecule has 17 heavy (non-hydrogen) atoms. The Hall–Kier alpha value is -1.99. The highest BCUT2D eigenvalue weighted by Crippen LogP contribution is 2.16. The van der Waals surface area contributed by atoms with Gasteiger partial charge >= 0.3 is 6.03 Å². The van der Waals surface area contributed by atoms with Crippen molar-refractivity contribution in [3.8, 4) is 11.8 Å². The highest BCUT2D eigenvalue weighted by molar-refractivity contribution is 5.90. The van der Waals surface area contributed by atoms with Crippen LogP contribution in [0, 0.1) is 18.8 Å². The molecule has 0 atom stereocenters. The Morgan fingerprint density at radius 1 is 1.47 bits per heavy atom. The predicted molar refractivity (Wildman–Crippen MR) is 67.8 cm³/mol. The Morgan fingerprint density at radius 2 is 2.24 bits per heavy atom. The number of rotatable bonds is 2. The minimum atomic E-state index is -0.233. The number of hydrogen-bond donors (Lipinski definition) is 3. The van der Waals surface area contributed by atoms with Crippen molar-refractivity contribution in [1.82, 2.24) is 5.32 Å². The Bertz CT molecular complexity index is 458. The summed E-state index contributed by atoms with van der Waals surface area (Å²) in [4.78, 5) is 11.4. The summed E-state index contributed by atoms with van der Waals surface area (Å²) in [5.41, 5.74) is 2.45. The third-order valence-electron chi connectivity index (χ3n) is 2.13. The summed E-state index contributed by atoms with van der Waals surface area (Å²) in [6.07, 6.45) is 0. The highest BCUT2D eigenvalue weighted by atomic mass is 16.2. The number of amides is 2. The lowest BCUT2D eigenvalue weighted by atomic mass is 10.1. The van der Waals surface area contributed by atoms with Gasteiger partial charge in [-0.2, -0.15) is 0 Å². The van der Waals surface area contributed by atoms with Crippen LogP contribution < -0.4 is 10.6 Å². The number of hydrogen-bond acceptors (Lipinski definition) is 2. The fourth-order valence-electron chi connectivity index (χ4n) is 1.30. The number of aliphatic hydroxyl groups is 1. The molecule has 1 aromatic carbocycles. The molecule has 1 rings (SSSR count). The largest absolute Gasteiger partial charge is 0.384 e. The summed E-state index contributed by atoms with van der Waals surface area (Å²) in [5, 5.41) is 14.0. The first-order valence-corrected chi connectivity index (χ1v) is 5.42. The van der Waals surface area contributed by atoms with E-state index in [2.05, 4.69) is 22.5 Å². The van der Waals surface area contributed by atoms with E-state index in [-0.39, 0.29) is 12.6 Å². The molecule has 0 aliphatic carbocycles. The molecule has 0 bridgehead atoms. The molecule has 0 spiro atoms. The number of carbonyl (C=O) groups is 1. The second-order valence-electron chi connectivity index (χ2n) is 3.47. The SMILES string of the molecule is CCNC(=O)Nc1cc(C#CCO)ccc1C. The maximum atomic E-state index is 11.4. The van der Waals surface area contributed by atoms with Crippen LogP contribution in [0.3, 0.4) is 0 Å². The van der Waals surface area contributed by atoms with Gasteiger partial charge in [0.1, 0.15) is 6.61 Å². The maximum absolute atomic E-state index is 11.4. The summed E-state index contributed by atoms with van der Waals surface area (Å²) in [6, 6.07) is 5.28. The van der Waals surface area contributed by atoms with Crippen molar-refractivity contribution in [2.45, 2.75) is 13.8 Å². The average Bonchev–Trinajstić information content (AvgIpc) is 2.30. The monoisotopic (exact) mass is 232 g/mol. The smallest absolute Gasteiger partial charge is 0.319 e. The van der Waals surface area contributed by atoms with E-state index >= 15 is 0 Å². The van der Waals surface area contributed by atoms with Gasteiger partial charge in [-0.05, 0) is 31.5 Å². The molecule has 90 valence electrons. The van der Waals surface area contributed by atoms with Crippen LogP contribution >= 0.6 is 0 Å². The maximum Gasteiger partial charge on any atom is 0.319 e. The molecule has 0 saturated heterocycles. The third-order valence-corrected chi connectivity index (χ3v) is 2.13. The molecule has 0 radical (unpaired) electrons. The number of aliphatic hydroxyl groups excluding tert-OH is 1. The van der Waals surface area contributed by atoms with Crippen molar-refractivity contribution in [1.29, 1.82) is 0 Å².